The molecule has 1 atom stereocenters. The number of hydrogen-bond donors (Lipinski definition) is 3. The number of nitrogens with one attached hydrogen (secondary N) is 2. The highest BCUT2D eigenvalue weighted by Crippen LogP contribution is 2.47. The van der Waals surface area contributed by atoms with Crippen molar-refractivity contribution in [2.24, 2.45) is 5.92 Å². The van der Waals surface area contributed by atoms with Crippen LogP contribution in [0.2, 0.25) is 6.32 Å². The highest BCUT2D eigenvalue weighted by Gasteiger charge is 2.31. The van der Waals surface area contributed by atoms with E-state index in [2.05, 4.69) is 10.0 Å². The molecule has 5 rings (SSSR count). The first-order valence-corrected chi connectivity index (χ1v) is 13.8. The third kappa shape index (κ3) is 5.28. The van der Waals surface area contributed by atoms with E-state index in [1.165, 1.54) is 31.3 Å². The molecule has 36 heavy (non-hydrogen) atoms. The second-order valence-electron chi connectivity index (χ2n) is 9.53. The van der Waals surface area contributed by atoms with Gasteiger partial charge in [-0.15, -0.1) is 0 Å². The third-order valence-corrected chi connectivity index (χ3v) is 8.17. The van der Waals surface area contributed by atoms with Gasteiger partial charge < -0.3 is 19.4 Å². The van der Waals surface area contributed by atoms with Gasteiger partial charge in [0, 0.05) is 30.7 Å². The smallest absolute Gasteiger partial charge is 0.454 e. The van der Waals surface area contributed by atoms with Crippen LogP contribution in [-0.4, -0.2) is 45.9 Å². The molecule has 1 unspecified atom stereocenters. The van der Waals surface area contributed by atoms with E-state index < -0.39 is 23.0 Å². The van der Waals surface area contributed by atoms with Crippen molar-refractivity contribution in [1.29, 1.82) is 0 Å². The van der Waals surface area contributed by atoms with Gasteiger partial charge >= 0.3 is 7.12 Å². The molecular weight excluding hydrogens is 486 g/mol. The largest absolute Gasteiger partial charge is 0.455 e. The van der Waals surface area contributed by atoms with E-state index in [1.54, 1.807) is 6.07 Å². The Kier molecular flexibility index (Phi) is 6.80. The van der Waals surface area contributed by atoms with Crippen LogP contribution in [0.4, 0.5) is 10.1 Å². The van der Waals surface area contributed by atoms with Crippen LogP contribution in [-0.2, 0) is 14.7 Å². The van der Waals surface area contributed by atoms with Crippen LogP contribution in [0.5, 0.6) is 0 Å². The second kappa shape index (κ2) is 9.87. The van der Waals surface area contributed by atoms with Crippen LogP contribution < -0.4 is 10.0 Å². The van der Waals surface area contributed by atoms with E-state index in [9.17, 15) is 22.6 Å². The Bertz CT molecular complexity index is 1390. The number of furan rings is 1. The fraction of sp³-hybridized carbons (Fsp3) is 0.400. The number of carbonyl (C=O) groups is 1. The minimum atomic E-state index is -3.66. The van der Waals surface area contributed by atoms with E-state index in [0.29, 0.717) is 59.3 Å². The van der Waals surface area contributed by atoms with Gasteiger partial charge in [0.15, 0.2) is 0 Å². The Morgan fingerprint density at radius 2 is 1.94 bits per heavy atom. The van der Waals surface area contributed by atoms with Gasteiger partial charge in [-0.25, -0.2) is 12.8 Å². The number of carbonyl (C=O) groups excluding carboxylic acids is 1. The van der Waals surface area contributed by atoms with Crippen LogP contribution in [0.1, 0.15) is 47.5 Å². The summed E-state index contributed by atoms with van der Waals surface area (Å²) in [4.78, 5) is 12.8. The number of fused-ring (bicyclic) bond motifs is 1. The van der Waals surface area contributed by atoms with Gasteiger partial charge in [-0.1, -0.05) is 0 Å². The summed E-state index contributed by atoms with van der Waals surface area (Å²) in [6.07, 6.45) is 3.42. The summed E-state index contributed by atoms with van der Waals surface area (Å²) >= 11 is 0. The summed E-state index contributed by atoms with van der Waals surface area (Å²) in [6.45, 7) is 0.421. The van der Waals surface area contributed by atoms with Crippen LogP contribution in [0.25, 0.3) is 22.3 Å². The molecule has 11 heteroatoms. The number of halogens is 1. The first-order chi connectivity index (χ1) is 17.2. The Morgan fingerprint density at radius 3 is 2.61 bits per heavy atom. The van der Waals surface area contributed by atoms with Crippen molar-refractivity contribution in [3.8, 4) is 11.3 Å². The Hall–Kier alpha value is -2.89. The minimum absolute atomic E-state index is 0.0744. The molecule has 2 fully saturated rings. The zero-order valence-corrected chi connectivity index (χ0v) is 20.7. The minimum Gasteiger partial charge on any atom is -0.455 e. The number of sulfonamides is 1. The fourth-order valence-electron chi connectivity index (χ4n) is 4.78. The lowest BCUT2D eigenvalue weighted by Gasteiger charge is -2.23. The normalized spacial score (nSPS) is 18.4. The molecule has 0 bridgehead atoms. The highest BCUT2D eigenvalue weighted by atomic mass is 32.2. The van der Waals surface area contributed by atoms with Gasteiger partial charge in [-0.2, -0.15) is 0 Å². The van der Waals surface area contributed by atoms with Crippen LogP contribution >= 0.6 is 0 Å². The quantitative estimate of drug-likeness (QED) is 0.390. The van der Waals surface area contributed by atoms with Crippen LogP contribution in [0, 0.1) is 11.7 Å². The molecule has 1 saturated heterocycles. The van der Waals surface area contributed by atoms with E-state index in [4.69, 9.17) is 9.07 Å². The predicted molar refractivity (Wildman–Crippen MR) is 136 cm³/mol. The summed E-state index contributed by atoms with van der Waals surface area (Å²) in [6, 6.07) is 9.14. The van der Waals surface area contributed by atoms with Crippen LogP contribution in [0.15, 0.2) is 40.8 Å². The van der Waals surface area contributed by atoms with E-state index in [1.807, 2.05) is 6.07 Å². The average molecular weight is 514 g/mol. The molecule has 3 N–H and O–H groups in total. The maximum atomic E-state index is 13.5. The summed E-state index contributed by atoms with van der Waals surface area (Å²) in [5.74, 6) is -0.256. The summed E-state index contributed by atoms with van der Waals surface area (Å²) < 4.78 is 53.4. The molecule has 0 radical (unpaired) electrons. The summed E-state index contributed by atoms with van der Waals surface area (Å²) in [7, 11) is -2.98. The van der Waals surface area contributed by atoms with Gasteiger partial charge in [0.05, 0.1) is 17.0 Å². The number of benzene rings is 2. The van der Waals surface area contributed by atoms with Crippen molar-refractivity contribution in [3.05, 3.63) is 53.3 Å². The van der Waals surface area contributed by atoms with Crippen molar-refractivity contribution in [2.75, 3.05) is 24.1 Å². The SMILES string of the molecule is CNC(=O)c1c(-c2ccc(F)cc2)oc2cc(NS(=O)(=O)CCC3CCOB(O)C3)c(C3CC3)cc12. The molecule has 1 saturated carbocycles. The molecule has 1 amide bonds. The van der Waals surface area contributed by atoms with E-state index in [-0.39, 0.29) is 23.5 Å². The molecular formula is C25H28BFN2O6S. The Balaban J connectivity index is 1.49. The summed E-state index contributed by atoms with van der Waals surface area (Å²) in [5.41, 5.74) is 2.50. The van der Waals surface area contributed by atoms with Gasteiger partial charge in [0.1, 0.15) is 17.2 Å². The van der Waals surface area contributed by atoms with Crippen molar-refractivity contribution < 1.29 is 31.7 Å². The molecule has 2 aliphatic rings. The molecule has 2 aromatic carbocycles. The number of rotatable bonds is 8. The molecule has 8 nitrogen and oxygen atoms in total. The lowest BCUT2D eigenvalue weighted by Crippen LogP contribution is -2.30. The fourth-order valence-corrected chi connectivity index (χ4v) is 6.04. The maximum absolute atomic E-state index is 13.5. The lowest BCUT2D eigenvalue weighted by atomic mass is 9.73. The predicted octanol–water partition coefficient (Wildman–Crippen LogP) is 4.12. The zero-order valence-electron chi connectivity index (χ0n) is 19.9. The topological polar surface area (TPSA) is 118 Å². The van der Waals surface area contributed by atoms with E-state index >= 15 is 0 Å². The molecule has 1 aliphatic carbocycles. The monoisotopic (exact) mass is 514 g/mol. The van der Waals surface area contributed by atoms with Crippen molar-refractivity contribution in [2.45, 2.75) is 37.9 Å². The zero-order chi connectivity index (χ0) is 25.4. The Labute approximate surface area is 209 Å². The summed E-state index contributed by atoms with van der Waals surface area (Å²) in [5, 5.41) is 12.9. The van der Waals surface area contributed by atoms with Crippen molar-refractivity contribution in [3.63, 3.8) is 0 Å². The molecule has 1 aliphatic heterocycles. The standard InChI is InChI=1S/C25H28BFN2O6S/c1-28-25(30)23-20-12-19(16-2-3-16)21(13-22(20)35-24(23)17-4-6-18(27)7-5-17)29-36(32,33)11-9-15-8-10-34-26(31)14-15/h4-7,12-13,15-16,29,31H,2-3,8-11,14H2,1H3,(H,28,30). The van der Waals surface area contributed by atoms with E-state index in [0.717, 1.165) is 18.4 Å². The van der Waals surface area contributed by atoms with Crippen molar-refractivity contribution in [1.82, 2.24) is 5.32 Å². The average Bonchev–Trinajstić information content (AvgIpc) is 3.63. The van der Waals surface area contributed by atoms with Crippen LogP contribution in [0.3, 0.4) is 0 Å². The van der Waals surface area contributed by atoms with Gasteiger partial charge in [-0.05, 0) is 79.7 Å². The molecule has 0 spiro atoms. The second-order valence-corrected chi connectivity index (χ2v) is 11.4. The van der Waals surface area contributed by atoms with Crippen molar-refractivity contribution >= 4 is 39.7 Å². The van der Waals surface area contributed by atoms with Gasteiger partial charge in [0.25, 0.3) is 5.91 Å². The Morgan fingerprint density at radius 1 is 1.19 bits per heavy atom. The number of hydrogen-bond acceptors (Lipinski definition) is 6. The molecule has 190 valence electrons. The lowest BCUT2D eigenvalue weighted by molar-refractivity contribution is 0.0964. The first-order valence-electron chi connectivity index (χ1n) is 12.1. The van der Waals surface area contributed by atoms with Gasteiger partial charge in [-0.3, -0.25) is 9.52 Å². The maximum Gasteiger partial charge on any atom is 0.454 e. The molecule has 3 aromatic rings. The third-order valence-electron chi connectivity index (χ3n) is 6.87. The molecule has 1 aromatic heterocycles. The van der Waals surface area contributed by atoms with Gasteiger partial charge in [0.2, 0.25) is 10.0 Å². The highest BCUT2D eigenvalue weighted by molar-refractivity contribution is 7.92. The number of anilines is 1. The number of amides is 1. The molecule has 2 heterocycles. The first kappa shape index (κ1) is 24.8.